The first kappa shape index (κ1) is 30.8. The summed E-state index contributed by atoms with van der Waals surface area (Å²) in [5, 5.41) is 13.3. The van der Waals surface area contributed by atoms with Gasteiger partial charge in [0, 0.05) is 15.6 Å². The van der Waals surface area contributed by atoms with E-state index in [2.05, 4.69) is 5.32 Å². The zero-order valence-electron chi connectivity index (χ0n) is 22.9. The summed E-state index contributed by atoms with van der Waals surface area (Å²) in [6, 6.07) is 17.4. The molecule has 1 aliphatic heterocycles. The molecular formula is C31H32Cl2N2O5S. The molecule has 1 aliphatic rings. The first-order valence-electron chi connectivity index (χ1n) is 13.2. The number of benzene rings is 3. The van der Waals surface area contributed by atoms with Crippen LogP contribution in [0, 0.1) is 12.8 Å². The maximum absolute atomic E-state index is 14.6. The summed E-state index contributed by atoms with van der Waals surface area (Å²) in [5.74, 6) is -1.80. The second-order valence-corrected chi connectivity index (χ2v) is 13.2. The number of hydrogen-bond acceptors (Lipinski definition) is 4. The Bertz CT molecular complexity index is 1570. The Hall–Kier alpha value is -3.17. The largest absolute Gasteiger partial charge is 0.480 e. The third kappa shape index (κ3) is 6.84. The van der Waals surface area contributed by atoms with Crippen LogP contribution >= 0.6 is 23.2 Å². The van der Waals surface area contributed by atoms with Gasteiger partial charge in [-0.05, 0) is 72.7 Å². The van der Waals surface area contributed by atoms with Crippen LogP contribution in [0.3, 0.4) is 0 Å². The summed E-state index contributed by atoms with van der Waals surface area (Å²) in [6.45, 7) is 5.45. The molecule has 1 amide bonds. The second-order valence-electron chi connectivity index (χ2n) is 10.5. The number of nitrogens with one attached hydrogen (secondary N) is 1. The molecule has 3 aromatic rings. The molecule has 0 saturated carbocycles. The van der Waals surface area contributed by atoms with Gasteiger partial charge in [0.2, 0.25) is 15.9 Å². The Balaban J connectivity index is 1.94. The molecule has 0 saturated heterocycles. The van der Waals surface area contributed by atoms with E-state index in [-0.39, 0.29) is 29.2 Å². The number of halogens is 2. The number of carboxylic acid groups (broad SMARTS) is 1. The van der Waals surface area contributed by atoms with Gasteiger partial charge in [0.25, 0.3) is 0 Å². The van der Waals surface area contributed by atoms with Crippen molar-refractivity contribution in [3.8, 4) is 0 Å². The highest BCUT2D eigenvalue weighted by Crippen LogP contribution is 2.46. The van der Waals surface area contributed by atoms with Crippen LogP contribution in [0.5, 0.6) is 0 Å². The van der Waals surface area contributed by atoms with Crippen molar-refractivity contribution in [2.24, 2.45) is 5.92 Å². The molecule has 0 radical (unpaired) electrons. The Morgan fingerprint density at radius 1 is 0.976 bits per heavy atom. The second kappa shape index (κ2) is 12.8. The van der Waals surface area contributed by atoms with Crippen LogP contribution in [0.1, 0.15) is 55.5 Å². The SMILES string of the molecule is Cc1ccccc1S(=O)(=O)N1C(c2ccc(Cl)cc2)CC=C(C(=O)N[C@@H](CC(C)C)C(=O)O)[C@@H]1c1cccc(Cl)c1. The number of sulfonamides is 1. The molecule has 4 rings (SSSR count). The molecule has 7 nitrogen and oxygen atoms in total. The lowest BCUT2D eigenvalue weighted by Crippen LogP contribution is -2.47. The lowest BCUT2D eigenvalue weighted by Gasteiger charge is -2.41. The number of aryl methyl sites for hydroxylation is 1. The molecule has 1 unspecified atom stereocenters. The van der Waals surface area contributed by atoms with Crippen LogP contribution in [-0.2, 0) is 19.6 Å². The van der Waals surface area contributed by atoms with Gasteiger partial charge in [0.15, 0.2) is 0 Å². The maximum atomic E-state index is 14.6. The first-order valence-corrected chi connectivity index (χ1v) is 15.4. The summed E-state index contributed by atoms with van der Waals surface area (Å²) in [7, 11) is -4.22. The zero-order chi connectivity index (χ0) is 29.9. The minimum Gasteiger partial charge on any atom is -0.480 e. The van der Waals surface area contributed by atoms with E-state index < -0.39 is 40.0 Å². The predicted molar refractivity (Wildman–Crippen MR) is 160 cm³/mol. The van der Waals surface area contributed by atoms with E-state index in [1.165, 1.54) is 4.31 Å². The minimum atomic E-state index is -4.22. The van der Waals surface area contributed by atoms with Crippen molar-refractivity contribution in [1.29, 1.82) is 0 Å². The first-order chi connectivity index (χ1) is 19.4. The third-order valence-corrected chi connectivity index (χ3v) is 9.58. The van der Waals surface area contributed by atoms with Crippen molar-refractivity contribution in [3.63, 3.8) is 0 Å². The number of hydrogen-bond donors (Lipinski definition) is 2. The van der Waals surface area contributed by atoms with Crippen LogP contribution < -0.4 is 5.32 Å². The monoisotopic (exact) mass is 614 g/mol. The average Bonchev–Trinajstić information content (AvgIpc) is 2.92. The number of aliphatic carboxylic acids is 1. The lowest BCUT2D eigenvalue weighted by atomic mass is 9.88. The Morgan fingerprint density at radius 2 is 1.66 bits per heavy atom. The number of amides is 1. The molecule has 0 spiro atoms. The van der Waals surface area contributed by atoms with E-state index in [1.807, 2.05) is 13.8 Å². The van der Waals surface area contributed by atoms with Crippen LogP contribution in [0.25, 0.3) is 0 Å². The van der Waals surface area contributed by atoms with E-state index in [9.17, 15) is 23.1 Å². The molecule has 216 valence electrons. The highest BCUT2D eigenvalue weighted by Gasteiger charge is 2.45. The maximum Gasteiger partial charge on any atom is 0.326 e. The van der Waals surface area contributed by atoms with Gasteiger partial charge in [0.1, 0.15) is 6.04 Å². The van der Waals surface area contributed by atoms with Gasteiger partial charge in [0.05, 0.1) is 17.0 Å². The fraction of sp³-hybridized carbons (Fsp3) is 0.290. The molecule has 3 atom stereocenters. The normalized spacial score (nSPS) is 18.5. The van der Waals surface area contributed by atoms with E-state index in [0.717, 1.165) is 0 Å². The van der Waals surface area contributed by atoms with Crippen molar-refractivity contribution >= 4 is 45.1 Å². The summed E-state index contributed by atoms with van der Waals surface area (Å²) in [4.78, 5) is 25.9. The zero-order valence-corrected chi connectivity index (χ0v) is 25.2. The predicted octanol–water partition coefficient (Wildman–Crippen LogP) is 6.72. The van der Waals surface area contributed by atoms with Gasteiger partial charge < -0.3 is 10.4 Å². The van der Waals surface area contributed by atoms with Gasteiger partial charge in [-0.15, -0.1) is 0 Å². The molecule has 0 aliphatic carbocycles. The van der Waals surface area contributed by atoms with Gasteiger partial charge in [-0.3, -0.25) is 4.79 Å². The summed E-state index contributed by atoms with van der Waals surface area (Å²) in [5.41, 5.74) is 1.85. The molecule has 41 heavy (non-hydrogen) atoms. The van der Waals surface area contributed by atoms with E-state index >= 15 is 0 Å². The fourth-order valence-electron chi connectivity index (χ4n) is 5.16. The third-order valence-electron chi connectivity index (χ3n) is 7.06. The van der Waals surface area contributed by atoms with Crippen molar-refractivity contribution in [3.05, 3.63) is 111 Å². The highest BCUT2D eigenvalue weighted by atomic mass is 35.5. The number of rotatable bonds is 9. The van der Waals surface area contributed by atoms with Crippen LogP contribution in [0.2, 0.25) is 10.0 Å². The molecular weight excluding hydrogens is 583 g/mol. The van der Waals surface area contributed by atoms with Crippen LogP contribution in [-0.4, -0.2) is 35.7 Å². The smallest absolute Gasteiger partial charge is 0.326 e. The molecule has 0 bridgehead atoms. The van der Waals surface area contributed by atoms with Gasteiger partial charge in [-0.1, -0.05) is 85.6 Å². The number of carboxylic acids is 1. The number of nitrogens with zero attached hydrogens (tertiary/aromatic N) is 1. The van der Waals surface area contributed by atoms with Gasteiger partial charge in [-0.25, -0.2) is 13.2 Å². The summed E-state index contributed by atoms with van der Waals surface area (Å²) >= 11 is 12.5. The standard InChI is InChI=1S/C31H32Cl2N2O5S/c1-19(2)17-26(31(37)38)34-30(36)25-15-16-27(21-11-13-23(32)14-12-21)35(29(25)22-8-6-9-24(33)18-22)41(39,40)28-10-5-4-7-20(28)3/h4-15,18-19,26-27,29H,16-17H2,1-3H3,(H,34,36)(H,37,38)/t26-,27?,29-/m0/s1. The number of carbonyl (C=O) groups excluding carboxylic acids is 1. The highest BCUT2D eigenvalue weighted by molar-refractivity contribution is 7.89. The quantitative estimate of drug-likeness (QED) is 0.278. The molecule has 2 N–H and O–H groups in total. The van der Waals surface area contributed by atoms with Crippen molar-refractivity contribution in [1.82, 2.24) is 9.62 Å². The Morgan fingerprint density at radius 3 is 2.27 bits per heavy atom. The molecule has 0 aromatic heterocycles. The molecule has 3 aromatic carbocycles. The van der Waals surface area contributed by atoms with Crippen LogP contribution in [0.15, 0.2) is 89.3 Å². The minimum absolute atomic E-state index is 0.00711. The van der Waals surface area contributed by atoms with E-state index in [4.69, 9.17) is 23.2 Å². The van der Waals surface area contributed by atoms with Crippen molar-refractivity contribution < 1.29 is 23.1 Å². The number of carbonyl (C=O) groups is 2. The van der Waals surface area contributed by atoms with Gasteiger partial charge in [-0.2, -0.15) is 4.31 Å². The van der Waals surface area contributed by atoms with E-state index in [0.29, 0.717) is 26.7 Å². The lowest BCUT2D eigenvalue weighted by molar-refractivity contribution is -0.141. The molecule has 0 fully saturated rings. The Kier molecular flexibility index (Phi) is 9.59. The average molecular weight is 616 g/mol. The summed E-state index contributed by atoms with van der Waals surface area (Å²) < 4.78 is 30.5. The van der Waals surface area contributed by atoms with Crippen LogP contribution in [0.4, 0.5) is 0 Å². The topological polar surface area (TPSA) is 104 Å². The van der Waals surface area contributed by atoms with E-state index in [1.54, 1.807) is 85.8 Å². The molecule has 10 heteroatoms. The van der Waals surface area contributed by atoms with Crippen molar-refractivity contribution in [2.75, 3.05) is 0 Å². The fourth-order valence-corrected chi connectivity index (χ4v) is 7.49. The Labute approximate surface area is 250 Å². The van der Waals surface area contributed by atoms with Crippen molar-refractivity contribution in [2.45, 2.75) is 56.6 Å². The van der Waals surface area contributed by atoms with Gasteiger partial charge >= 0.3 is 5.97 Å². The molecule has 1 heterocycles. The summed E-state index contributed by atoms with van der Waals surface area (Å²) in [6.07, 6.45) is 2.08.